The molecule has 2 saturated carbocycles. The number of fused-ring (bicyclic) bond motifs is 2. The van der Waals surface area contributed by atoms with Crippen molar-refractivity contribution >= 4 is 7.85 Å². The largest absolute Gasteiger partial charge is 0.109 e. The van der Waals surface area contributed by atoms with Crippen LogP contribution in [0.25, 0.3) is 0 Å². The van der Waals surface area contributed by atoms with E-state index in [1.807, 2.05) is 0 Å². The molecule has 0 aromatic carbocycles. The number of hydrogen-bond acceptors (Lipinski definition) is 0. The van der Waals surface area contributed by atoms with E-state index in [2.05, 4.69) is 35.5 Å². The maximum atomic E-state index is 2.51. The van der Waals surface area contributed by atoms with Gasteiger partial charge in [0, 0.05) is 0 Å². The van der Waals surface area contributed by atoms with Crippen molar-refractivity contribution in [3.05, 3.63) is 0 Å². The summed E-state index contributed by atoms with van der Waals surface area (Å²) in [6, 6.07) is 0. The summed E-state index contributed by atoms with van der Waals surface area (Å²) in [4.78, 5) is 0. The molecule has 5 atom stereocenters. The Labute approximate surface area is 96.6 Å². The molecule has 0 saturated heterocycles. The highest BCUT2D eigenvalue weighted by atomic mass is 14.5. The Morgan fingerprint density at radius 2 is 1.67 bits per heavy atom. The van der Waals surface area contributed by atoms with Crippen molar-refractivity contribution in [2.45, 2.75) is 58.7 Å². The Morgan fingerprint density at radius 3 is 2.27 bits per heavy atom. The summed E-state index contributed by atoms with van der Waals surface area (Å²) in [7, 11) is 2.45. The molecule has 0 nitrogen and oxygen atoms in total. The summed E-state index contributed by atoms with van der Waals surface area (Å²) in [5.41, 5.74) is 0. The molecule has 2 fully saturated rings. The van der Waals surface area contributed by atoms with Gasteiger partial charge in [-0.1, -0.05) is 33.0 Å². The lowest BCUT2D eigenvalue weighted by Crippen LogP contribution is -2.41. The molecule has 0 aromatic heterocycles. The first kappa shape index (κ1) is 11.5. The Kier molecular flexibility index (Phi) is 2.94. The van der Waals surface area contributed by atoms with Gasteiger partial charge in [0.25, 0.3) is 0 Å². The van der Waals surface area contributed by atoms with Gasteiger partial charge in [-0.25, -0.2) is 0 Å². The maximum Gasteiger partial charge on any atom is 0.109 e. The van der Waals surface area contributed by atoms with Crippen molar-refractivity contribution in [3.63, 3.8) is 0 Å². The summed E-state index contributed by atoms with van der Waals surface area (Å²) in [5, 5.41) is 0.520. The van der Waals surface area contributed by atoms with E-state index in [-0.39, 0.29) is 0 Å². The first-order valence-electron chi connectivity index (χ1n) is 6.88. The standard InChI is InChI=1S/C14H27B/c1-9-5-11-7-10(2)13(14(3,4)15)12(6-9)8-11/h9-13H,5-8,15H2,1-4H3. The van der Waals surface area contributed by atoms with Crippen LogP contribution in [-0.4, -0.2) is 7.85 Å². The monoisotopic (exact) mass is 206 g/mol. The smallest absolute Gasteiger partial charge is 0.0669 e. The lowest BCUT2D eigenvalue weighted by molar-refractivity contribution is 0.0269. The summed E-state index contributed by atoms with van der Waals surface area (Å²) < 4.78 is 0. The van der Waals surface area contributed by atoms with E-state index in [0.717, 1.165) is 29.6 Å². The van der Waals surface area contributed by atoms with Gasteiger partial charge in [0.05, 0.1) is 0 Å². The maximum absolute atomic E-state index is 2.51. The van der Waals surface area contributed by atoms with Crippen molar-refractivity contribution in [2.75, 3.05) is 0 Å². The number of rotatable bonds is 1. The third-order valence-electron chi connectivity index (χ3n) is 4.90. The molecule has 2 aliphatic carbocycles. The third kappa shape index (κ3) is 2.26. The molecular formula is C14H27B. The van der Waals surface area contributed by atoms with E-state index in [9.17, 15) is 0 Å². The summed E-state index contributed by atoms with van der Waals surface area (Å²) in [6.45, 7) is 9.88. The molecular weight excluding hydrogens is 179 g/mol. The van der Waals surface area contributed by atoms with Gasteiger partial charge < -0.3 is 0 Å². The minimum Gasteiger partial charge on any atom is -0.0669 e. The van der Waals surface area contributed by atoms with E-state index in [0.29, 0.717) is 5.31 Å². The van der Waals surface area contributed by atoms with Crippen LogP contribution >= 0.6 is 0 Å². The van der Waals surface area contributed by atoms with Crippen LogP contribution in [0.5, 0.6) is 0 Å². The van der Waals surface area contributed by atoms with Crippen molar-refractivity contribution in [1.29, 1.82) is 0 Å². The predicted molar refractivity (Wildman–Crippen MR) is 69.9 cm³/mol. The van der Waals surface area contributed by atoms with Crippen molar-refractivity contribution in [2.24, 2.45) is 29.6 Å². The summed E-state index contributed by atoms with van der Waals surface area (Å²) in [5.74, 6) is 5.01. The zero-order valence-electron chi connectivity index (χ0n) is 11.2. The average Bonchev–Trinajstić information content (AvgIpc) is 1.97. The first-order valence-corrected chi connectivity index (χ1v) is 6.88. The second kappa shape index (κ2) is 3.82. The van der Waals surface area contributed by atoms with Gasteiger partial charge in [0.1, 0.15) is 7.85 Å². The predicted octanol–water partition coefficient (Wildman–Crippen LogP) is 3.53. The molecule has 0 radical (unpaired) electrons. The molecule has 86 valence electrons. The highest BCUT2D eigenvalue weighted by Gasteiger charge is 2.44. The van der Waals surface area contributed by atoms with E-state index in [4.69, 9.17) is 0 Å². The normalized spacial score (nSPS) is 46.5. The second-order valence-corrected chi connectivity index (χ2v) is 7.54. The zero-order chi connectivity index (χ0) is 11.2. The molecule has 0 N–H and O–H groups in total. The van der Waals surface area contributed by atoms with Crippen LogP contribution in [0, 0.1) is 29.6 Å². The molecule has 5 unspecified atom stereocenters. The average molecular weight is 206 g/mol. The van der Waals surface area contributed by atoms with Crippen LogP contribution in [-0.2, 0) is 0 Å². The van der Waals surface area contributed by atoms with Gasteiger partial charge in [0.15, 0.2) is 0 Å². The number of hydrogen-bond donors (Lipinski definition) is 0. The lowest BCUT2D eigenvalue weighted by atomic mass is 9.49. The second-order valence-electron chi connectivity index (χ2n) is 7.54. The molecule has 2 aliphatic rings. The highest BCUT2D eigenvalue weighted by Crippen LogP contribution is 2.54. The van der Waals surface area contributed by atoms with Crippen LogP contribution in [0.15, 0.2) is 0 Å². The quantitative estimate of drug-likeness (QED) is 0.576. The molecule has 2 bridgehead atoms. The molecule has 2 rings (SSSR count). The van der Waals surface area contributed by atoms with Crippen LogP contribution in [0.3, 0.4) is 0 Å². The SMILES string of the molecule is BC(C)(C)C1C(C)CC2CC(C)CC1C2. The summed E-state index contributed by atoms with van der Waals surface area (Å²) in [6.07, 6.45) is 6.06. The Hall–Kier alpha value is 0.0649. The van der Waals surface area contributed by atoms with Gasteiger partial charge in [-0.3, -0.25) is 0 Å². The third-order valence-corrected chi connectivity index (χ3v) is 4.90. The van der Waals surface area contributed by atoms with Crippen LogP contribution in [0.2, 0.25) is 5.31 Å². The molecule has 0 aliphatic heterocycles. The van der Waals surface area contributed by atoms with Gasteiger partial charge in [-0.15, -0.1) is 0 Å². The molecule has 0 spiro atoms. The minimum absolute atomic E-state index is 0.520. The topological polar surface area (TPSA) is 0 Å². The highest BCUT2D eigenvalue weighted by molar-refractivity contribution is 6.14. The fraction of sp³-hybridized carbons (Fsp3) is 1.00. The Bertz CT molecular complexity index is 224. The van der Waals surface area contributed by atoms with E-state index < -0.39 is 0 Å². The van der Waals surface area contributed by atoms with E-state index in [1.165, 1.54) is 25.7 Å². The van der Waals surface area contributed by atoms with Crippen LogP contribution in [0.4, 0.5) is 0 Å². The fourth-order valence-electron chi connectivity index (χ4n) is 4.99. The fourth-order valence-corrected chi connectivity index (χ4v) is 4.99. The summed E-state index contributed by atoms with van der Waals surface area (Å²) >= 11 is 0. The molecule has 15 heavy (non-hydrogen) atoms. The van der Waals surface area contributed by atoms with E-state index >= 15 is 0 Å². The Morgan fingerprint density at radius 1 is 1.00 bits per heavy atom. The zero-order valence-corrected chi connectivity index (χ0v) is 11.2. The van der Waals surface area contributed by atoms with Crippen molar-refractivity contribution in [1.82, 2.24) is 0 Å². The van der Waals surface area contributed by atoms with E-state index in [1.54, 1.807) is 0 Å². The van der Waals surface area contributed by atoms with Gasteiger partial charge in [-0.2, -0.15) is 0 Å². The molecule has 0 heterocycles. The van der Waals surface area contributed by atoms with Crippen molar-refractivity contribution < 1.29 is 0 Å². The first-order chi connectivity index (χ1) is 6.88. The lowest BCUT2D eigenvalue weighted by Gasteiger charge is -2.51. The Balaban J connectivity index is 2.16. The minimum atomic E-state index is 0.520. The molecule has 0 amide bonds. The van der Waals surface area contributed by atoms with Gasteiger partial charge in [-0.05, 0) is 55.3 Å². The van der Waals surface area contributed by atoms with Gasteiger partial charge >= 0.3 is 0 Å². The van der Waals surface area contributed by atoms with Crippen molar-refractivity contribution in [3.8, 4) is 0 Å². The van der Waals surface area contributed by atoms with Crippen LogP contribution in [0.1, 0.15) is 53.4 Å². The van der Waals surface area contributed by atoms with Crippen LogP contribution < -0.4 is 0 Å². The molecule has 0 aromatic rings. The van der Waals surface area contributed by atoms with Gasteiger partial charge in [0.2, 0.25) is 0 Å². The molecule has 1 heteroatoms.